The Morgan fingerprint density at radius 3 is 2.85 bits per heavy atom. The fraction of sp³-hybridized carbons (Fsp3) is 0.385. The Bertz CT molecular complexity index is 650. The summed E-state index contributed by atoms with van der Waals surface area (Å²) in [4.78, 5) is 17.7. The van der Waals surface area contributed by atoms with Gasteiger partial charge in [-0.05, 0) is 12.1 Å². The third-order valence-corrected chi connectivity index (χ3v) is 3.65. The number of nitrogens with zero attached hydrogens (tertiary/aromatic N) is 3. The summed E-state index contributed by atoms with van der Waals surface area (Å²) in [5.74, 6) is -0.400. The van der Waals surface area contributed by atoms with E-state index >= 15 is 0 Å². The average Bonchev–Trinajstić information content (AvgIpc) is 2.80. The van der Waals surface area contributed by atoms with Gasteiger partial charge in [-0.25, -0.2) is 9.78 Å². The SMILES string of the molecule is O=C(O)c1nc(CN2CCOCC2)n2c(Cl)cccc12. The van der Waals surface area contributed by atoms with E-state index in [1.165, 1.54) is 0 Å². The van der Waals surface area contributed by atoms with E-state index in [1.807, 2.05) is 0 Å². The molecule has 3 rings (SSSR count). The highest BCUT2D eigenvalue weighted by Crippen LogP contribution is 2.20. The van der Waals surface area contributed by atoms with Crippen molar-refractivity contribution in [2.24, 2.45) is 0 Å². The van der Waals surface area contributed by atoms with Crippen LogP contribution in [0.5, 0.6) is 0 Å². The van der Waals surface area contributed by atoms with E-state index in [9.17, 15) is 9.90 Å². The highest BCUT2D eigenvalue weighted by molar-refractivity contribution is 6.29. The molecule has 0 spiro atoms. The number of pyridine rings is 1. The first kappa shape index (κ1) is 13.4. The number of carboxylic acids is 1. The third kappa shape index (κ3) is 2.37. The van der Waals surface area contributed by atoms with E-state index < -0.39 is 5.97 Å². The zero-order valence-electron chi connectivity index (χ0n) is 10.8. The number of aromatic nitrogens is 2. The molecule has 1 N–H and O–H groups in total. The summed E-state index contributed by atoms with van der Waals surface area (Å²) < 4.78 is 7.00. The summed E-state index contributed by atoms with van der Waals surface area (Å²) in [6.07, 6.45) is 0. The Labute approximate surface area is 120 Å². The lowest BCUT2D eigenvalue weighted by molar-refractivity contribution is 0.0329. The minimum atomic E-state index is -1.04. The van der Waals surface area contributed by atoms with Crippen LogP contribution in [-0.4, -0.2) is 51.7 Å². The standard InChI is InChI=1S/C13H14ClN3O3/c14-10-3-1-2-9-12(13(18)19)15-11(17(9)10)8-16-4-6-20-7-5-16/h1-3H,4-8H2,(H,18,19). The summed E-state index contributed by atoms with van der Waals surface area (Å²) in [7, 11) is 0. The Balaban J connectivity index is 2.03. The second-order valence-electron chi connectivity index (χ2n) is 4.64. The quantitative estimate of drug-likeness (QED) is 0.870. The Morgan fingerprint density at radius 2 is 2.15 bits per heavy atom. The normalized spacial score (nSPS) is 16.6. The van der Waals surface area contributed by atoms with Crippen LogP contribution in [0, 0.1) is 0 Å². The predicted octanol–water partition coefficient (Wildman–Crippen LogP) is 1.52. The van der Waals surface area contributed by atoms with Crippen molar-refractivity contribution in [1.29, 1.82) is 0 Å². The molecule has 20 heavy (non-hydrogen) atoms. The zero-order valence-corrected chi connectivity index (χ0v) is 11.5. The molecule has 2 aromatic heterocycles. The van der Waals surface area contributed by atoms with Crippen molar-refractivity contribution in [3.8, 4) is 0 Å². The van der Waals surface area contributed by atoms with Crippen molar-refractivity contribution in [3.05, 3.63) is 34.9 Å². The van der Waals surface area contributed by atoms with Gasteiger partial charge in [0.25, 0.3) is 0 Å². The summed E-state index contributed by atoms with van der Waals surface area (Å²) in [5, 5.41) is 9.70. The number of aromatic carboxylic acids is 1. The van der Waals surface area contributed by atoms with Gasteiger partial charge in [-0.15, -0.1) is 0 Å². The average molecular weight is 296 g/mol. The van der Waals surface area contributed by atoms with Crippen LogP contribution >= 0.6 is 11.6 Å². The number of imidazole rings is 1. The van der Waals surface area contributed by atoms with Gasteiger partial charge in [0.2, 0.25) is 0 Å². The Kier molecular flexibility index (Phi) is 3.60. The molecule has 7 heteroatoms. The molecule has 0 aliphatic carbocycles. The molecule has 1 saturated heterocycles. The molecule has 0 aromatic carbocycles. The van der Waals surface area contributed by atoms with Gasteiger partial charge in [-0.2, -0.15) is 0 Å². The van der Waals surface area contributed by atoms with Gasteiger partial charge in [0.15, 0.2) is 5.69 Å². The molecular formula is C13H14ClN3O3. The smallest absolute Gasteiger partial charge is 0.356 e. The van der Waals surface area contributed by atoms with E-state index in [2.05, 4.69) is 9.88 Å². The predicted molar refractivity (Wildman–Crippen MR) is 73.3 cm³/mol. The maximum absolute atomic E-state index is 11.3. The van der Waals surface area contributed by atoms with Crippen LogP contribution in [0.2, 0.25) is 5.15 Å². The number of rotatable bonds is 3. The molecule has 106 valence electrons. The number of ether oxygens (including phenoxy) is 1. The van der Waals surface area contributed by atoms with E-state index in [4.69, 9.17) is 16.3 Å². The number of hydrogen-bond donors (Lipinski definition) is 1. The van der Waals surface area contributed by atoms with Crippen molar-refractivity contribution in [2.75, 3.05) is 26.3 Å². The monoisotopic (exact) mass is 295 g/mol. The van der Waals surface area contributed by atoms with Crippen molar-refractivity contribution in [1.82, 2.24) is 14.3 Å². The first-order valence-electron chi connectivity index (χ1n) is 6.36. The number of carbonyl (C=O) groups is 1. The highest BCUT2D eigenvalue weighted by Gasteiger charge is 2.20. The number of halogens is 1. The topological polar surface area (TPSA) is 67.1 Å². The number of fused-ring (bicyclic) bond motifs is 1. The molecular weight excluding hydrogens is 282 g/mol. The van der Waals surface area contributed by atoms with E-state index in [0.717, 1.165) is 13.1 Å². The minimum Gasteiger partial charge on any atom is -0.476 e. The van der Waals surface area contributed by atoms with Gasteiger partial charge in [0, 0.05) is 13.1 Å². The van der Waals surface area contributed by atoms with E-state index in [-0.39, 0.29) is 5.69 Å². The van der Waals surface area contributed by atoms with E-state index in [1.54, 1.807) is 22.6 Å². The molecule has 6 nitrogen and oxygen atoms in total. The molecule has 2 aromatic rings. The van der Waals surface area contributed by atoms with E-state index in [0.29, 0.717) is 36.3 Å². The first-order valence-corrected chi connectivity index (χ1v) is 6.74. The van der Waals surface area contributed by atoms with Gasteiger partial charge in [-0.1, -0.05) is 17.7 Å². The molecule has 1 aliphatic rings. The molecule has 0 bridgehead atoms. The lowest BCUT2D eigenvalue weighted by Crippen LogP contribution is -2.36. The minimum absolute atomic E-state index is 0.0377. The number of morpholine rings is 1. The maximum Gasteiger partial charge on any atom is 0.356 e. The number of hydrogen-bond acceptors (Lipinski definition) is 4. The van der Waals surface area contributed by atoms with Gasteiger partial charge >= 0.3 is 5.97 Å². The third-order valence-electron chi connectivity index (χ3n) is 3.36. The molecule has 1 aliphatic heterocycles. The fourth-order valence-corrected chi connectivity index (χ4v) is 2.65. The highest BCUT2D eigenvalue weighted by atomic mass is 35.5. The van der Waals surface area contributed by atoms with Crippen LogP contribution in [0.4, 0.5) is 0 Å². The van der Waals surface area contributed by atoms with Gasteiger partial charge in [0.05, 0.1) is 25.3 Å². The van der Waals surface area contributed by atoms with Crippen molar-refractivity contribution in [3.63, 3.8) is 0 Å². The van der Waals surface area contributed by atoms with Crippen LogP contribution in [0.15, 0.2) is 18.2 Å². The summed E-state index contributed by atoms with van der Waals surface area (Å²) in [6.45, 7) is 3.54. The van der Waals surface area contributed by atoms with Crippen LogP contribution in [0.25, 0.3) is 5.52 Å². The zero-order chi connectivity index (χ0) is 14.1. The van der Waals surface area contributed by atoms with Crippen LogP contribution in [-0.2, 0) is 11.3 Å². The summed E-state index contributed by atoms with van der Waals surface area (Å²) >= 11 is 6.18. The molecule has 3 heterocycles. The maximum atomic E-state index is 11.3. The van der Waals surface area contributed by atoms with Gasteiger partial charge in [0.1, 0.15) is 11.0 Å². The van der Waals surface area contributed by atoms with Gasteiger partial charge in [-0.3, -0.25) is 9.30 Å². The molecule has 0 atom stereocenters. The molecule has 0 amide bonds. The summed E-state index contributed by atoms with van der Waals surface area (Å²) in [5.41, 5.74) is 0.559. The Morgan fingerprint density at radius 1 is 1.40 bits per heavy atom. The second kappa shape index (κ2) is 5.40. The van der Waals surface area contributed by atoms with Crippen molar-refractivity contribution >= 4 is 23.1 Å². The first-order chi connectivity index (χ1) is 9.66. The molecule has 0 unspecified atom stereocenters. The largest absolute Gasteiger partial charge is 0.476 e. The molecule has 0 radical (unpaired) electrons. The van der Waals surface area contributed by atoms with Crippen molar-refractivity contribution < 1.29 is 14.6 Å². The molecule has 0 saturated carbocycles. The summed E-state index contributed by atoms with van der Waals surface area (Å²) in [6, 6.07) is 5.17. The lowest BCUT2D eigenvalue weighted by atomic mass is 10.3. The number of carboxylic acid groups (broad SMARTS) is 1. The fourth-order valence-electron chi connectivity index (χ4n) is 2.39. The lowest BCUT2D eigenvalue weighted by Gasteiger charge is -2.25. The van der Waals surface area contributed by atoms with Crippen molar-refractivity contribution in [2.45, 2.75) is 6.54 Å². The Hall–Kier alpha value is -1.63. The van der Waals surface area contributed by atoms with Crippen LogP contribution in [0.1, 0.15) is 16.3 Å². The van der Waals surface area contributed by atoms with Crippen LogP contribution < -0.4 is 0 Å². The second-order valence-corrected chi connectivity index (χ2v) is 5.03. The molecule has 1 fully saturated rings. The van der Waals surface area contributed by atoms with Crippen LogP contribution in [0.3, 0.4) is 0 Å². The van der Waals surface area contributed by atoms with Gasteiger partial charge < -0.3 is 9.84 Å².